The summed E-state index contributed by atoms with van der Waals surface area (Å²) in [5, 5.41) is 11.6. The average Bonchev–Trinajstić information content (AvgIpc) is 2.57. The lowest BCUT2D eigenvalue weighted by atomic mass is 9.95. The Hall–Kier alpha value is -2.00. The summed E-state index contributed by atoms with van der Waals surface area (Å²) >= 11 is 0. The Morgan fingerprint density at radius 1 is 1.11 bits per heavy atom. The smallest absolute Gasteiger partial charge is 0.326 e. The zero-order valence-electron chi connectivity index (χ0n) is 16.9. The largest absolute Gasteiger partial charge is 0.465 e. The number of nitrogens with zero attached hydrogens (tertiary/aromatic N) is 1. The van der Waals surface area contributed by atoms with Gasteiger partial charge in [0.15, 0.2) is 0 Å². The molecule has 27 heavy (non-hydrogen) atoms. The van der Waals surface area contributed by atoms with Gasteiger partial charge in [-0.2, -0.15) is 0 Å². The van der Waals surface area contributed by atoms with Crippen LogP contribution in [0.1, 0.15) is 47.5 Å². The standard InChI is InChI=1S/C18H33N3O6/c1-6-27-16(23)10-21(11-22)18(25)15(8-13(4)5)20-17(24)14(9-19-26)7-12(2)3/h11-15,19,26H,6-10H2,1-5H3,(H,20,24). The van der Waals surface area contributed by atoms with Gasteiger partial charge in [-0.15, -0.1) is 0 Å². The van der Waals surface area contributed by atoms with E-state index < -0.39 is 36.3 Å². The molecule has 2 unspecified atom stereocenters. The van der Waals surface area contributed by atoms with E-state index in [1.807, 2.05) is 33.2 Å². The number of hydroxylamine groups is 1. The zero-order chi connectivity index (χ0) is 21.0. The van der Waals surface area contributed by atoms with E-state index in [9.17, 15) is 19.2 Å². The van der Waals surface area contributed by atoms with E-state index >= 15 is 0 Å². The summed E-state index contributed by atoms with van der Waals surface area (Å²) in [6.45, 7) is 8.95. The van der Waals surface area contributed by atoms with Crippen molar-refractivity contribution in [3.63, 3.8) is 0 Å². The Kier molecular flexibility index (Phi) is 12.2. The fraction of sp³-hybridized carbons (Fsp3) is 0.778. The number of ether oxygens (including phenoxy) is 1. The van der Waals surface area contributed by atoms with Crippen LogP contribution in [0, 0.1) is 17.8 Å². The maximum Gasteiger partial charge on any atom is 0.326 e. The highest BCUT2D eigenvalue weighted by Crippen LogP contribution is 2.14. The maximum atomic E-state index is 12.7. The predicted octanol–water partition coefficient (Wildman–Crippen LogP) is 0.707. The topological polar surface area (TPSA) is 125 Å². The first-order valence-electron chi connectivity index (χ1n) is 9.24. The maximum absolute atomic E-state index is 12.7. The van der Waals surface area contributed by atoms with Crippen LogP contribution >= 0.6 is 0 Å². The lowest BCUT2D eigenvalue weighted by molar-refractivity contribution is -0.153. The predicted molar refractivity (Wildman–Crippen MR) is 98.5 cm³/mol. The van der Waals surface area contributed by atoms with Gasteiger partial charge in [0.05, 0.1) is 12.5 Å². The number of nitrogens with one attached hydrogen (secondary N) is 2. The molecular formula is C18H33N3O6. The number of carbonyl (C=O) groups excluding carboxylic acids is 4. The van der Waals surface area contributed by atoms with Crippen molar-refractivity contribution in [3.05, 3.63) is 0 Å². The summed E-state index contributed by atoms with van der Waals surface area (Å²) in [6, 6.07) is -0.953. The van der Waals surface area contributed by atoms with Crippen LogP contribution in [0.5, 0.6) is 0 Å². The summed E-state index contributed by atoms with van der Waals surface area (Å²) < 4.78 is 4.77. The third-order valence-corrected chi connectivity index (χ3v) is 3.80. The van der Waals surface area contributed by atoms with E-state index in [-0.39, 0.29) is 31.4 Å². The quantitative estimate of drug-likeness (QED) is 0.241. The first-order valence-corrected chi connectivity index (χ1v) is 9.24. The van der Waals surface area contributed by atoms with Crippen molar-refractivity contribution in [1.82, 2.24) is 15.7 Å². The molecule has 0 spiro atoms. The van der Waals surface area contributed by atoms with Crippen LogP contribution in [0.4, 0.5) is 0 Å². The summed E-state index contributed by atoms with van der Waals surface area (Å²) in [6.07, 6.45) is 1.08. The van der Waals surface area contributed by atoms with Crippen LogP contribution in [0.2, 0.25) is 0 Å². The van der Waals surface area contributed by atoms with Gasteiger partial charge < -0.3 is 15.3 Å². The second kappa shape index (κ2) is 13.2. The minimum absolute atomic E-state index is 0.0484. The van der Waals surface area contributed by atoms with Gasteiger partial charge in [-0.1, -0.05) is 27.7 Å². The molecule has 0 saturated heterocycles. The molecule has 9 nitrogen and oxygen atoms in total. The second-order valence-electron chi connectivity index (χ2n) is 7.26. The Labute approximate surface area is 160 Å². The van der Waals surface area contributed by atoms with Crippen molar-refractivity contribution in [2.24, 2.45) is 17.8 Å². The van der Waals surface area contributed by atoms with Gasteiger partial charge in [0, 0.05) is 6.54 Å². The van der Waals surface area contributed by atoms with E-state index in [1.54, 1.807) is 6.92 Å². The average molecular weight is 387 g/mol. The van der Waals surface area contributed by atoms with Gasteiger partial charge in [-0.25, -0.2) is 5.48 Å². The summed E-state index contributed by atoms with van der Waals surface area (Å²) in [5.74, 6) is -2.02. The highest BCUT2D eigenvalue weighted by Gasteiger charge is 2.30. The van der Waals surface area contributed by atoms with E-state index in [1.165, 1.54) is 0 Å². The lowest BCUT2D eigenvalue weighted by Crippen LogP contribution is -2.52. The SMILES string of the molecule is CCOC(=O)CN(C=O)C(=O)C(CC(C)C)NC(=O)C(CNO)CC(C)C. The van der Waals surface area contributed by atoms with E-state index in [4.69, 9.17) is 9.94 Å². The van der Waals surface area contributed by atoms with E-state index in [2.05, 4.69) is 5.32 Å². The van der Waals surface area contributed by atoms with Crippen molar-refractivity contribution in [2.75, 3.05) is 19.7 Å². The molecule has 0 aromatic rings. The minimum Gasteiger partial charge on any atom is -0.465 e. The van der Waals surface area contributed by atoms with Gasteiger partial charge in [0.25, 0.3) is 5.91 Å². The molecule has 0 bridgehead atoms. The normalized spacial score (nSPS) is 13.2. The lowest BCUT2D eigenvalue weighted by Gasteiger charge is -2.26. The van der Waals surface area contributed by atoms with Crippen molar-refractivity contribution in [2.45, 2.75) is 53.5 Å². The molecule has 0 aliphatic carbocycles. The van der Waals surface area contributed by atoms with E-state index in [0.29, 0.717) is 17.7 Å². The van der Waals surface area contributed by atoms with Crippen molar-refractivity contribution < 1.29 is 29.1 Å². The van der Waals surface area contributed by atoms with Crippen LogP contribution in [0.3, 0.4) is 0 Å². The molecule has 9 heteroatoms. The zero-order valence-corrected chi connectivity index (χ0v) is 16.9. The molecule has 2 atom stereocenters. The van der Waals surface area contributed by atoms with Crippen molar-refractivity contribution in [1.29, 1.82) is 0 Å². The monoisotopic (exact) mass is 387 g/mol. The van der Waals surface area contributed by atoms with Crippen molar-refractivity contribution in [3.8, 4) is 0 Å². The molecular weight excluding hydrogens is 354 g/mol. The number of esters is 1. The molecule has 0 heterocycles. The molecule has 0 rings (SSSR count). The van der Waals surface area contributed by atoms with Crippen LogP contribution in [-0.2, 0) is 23.9 Å². The van der Waals surface area contributed by atoms with E-state index in [0.717, 1.165) is 0 Å². The van der Waals surface area contributed by atoms with Crippen LogP contribution in [-0.4, -0.2) is 60.0 Å². The number of rotatable bonds is 13. The number of hydrogen-bond donors (Lipinski definition) is 3. The minimum atomic E-state index is -0.953. The third kappa shape index (κ3) is 10.0. The van der Waals surface area contributed by atoms with Crippen LogP contribution in [0.25, 0.3) is 0 Å². The number of hydrogen-bond acceptors (Lipinski definition) is 7. The number of imide groups is 1. The van der Waals surface area contributed by atoms with Gasteiger partial charge >= 0.3 is 5.97 Å². The van der Waals surface area contributed by atoms with Gasteiger partial charge in [-0.3, -0.25) is 24.1 Å². The molecule has 3 amide bonds. The van der Waals surface area contributed by atoms with Crippen LogP contribution in [0.15, 0.2) is 0 Å². The molecule has 0 radical (unpaired) electrons. The fourth-order valence-electron chi connectivity index (χ4n) is 2.66. The molecule has 0 aromatic carbocycles. The molecule has 0 aliphatic heterocycles. The first-order chi connectivity index (χ1) is 12.7. The molecule has 0 aromatic heterocycles. The first kappa shape index (κ1) is 25.0. The third-order valence-electron chi connectivity index (χ3n) is 3.80. The Morgan fingerprint density at radius 3 is 2.15 bits per heavy atom. The Balaban J connectivity index is 5.26. The fourth-order valence-corrected chi connectivity index (χ4v) is 2.66. The summed E-state index contributed by atoms with van der Waals surface area (Å²) in [5.41, 5.74) is 2.00. The second-order valence-corrected chi connectivity index (χ2v) is 7.26. The van der Waals surface area contributed by atoms with Gasteiger partial charge in [-0.05, 0) is 31.6 Å². The molecule has 0 saturated carbocycles. The molecule has 3 N–H and O–H groups in total. The Bertz CT molecular complexity index is 495. The van der Waals surface area contributed by atoms with Crippen molar-refractivity contribution >= 4 is 24.2 Å². The summed E-state index contributed by atoms with van der Waals surface area (Å²) in [7, 11) is 0. The number of amides is 3. The highest BCUT2D eigenvalue weighted by molar-refractivity contribution is 5.96. The molecule has 0 aliphatic rings. The number of carbonyl (C=O) groups is 4. The Morgan fingerprint density at radius 2 is 1.70 bits per heavy atom. The molecule has 0 fully saturated rings. The van der Waals surface area contributed by atoms with Crippen LogP contribution < -0.4 is 10.8 Å². The van der Waals surface area contributed by atoms with Gasteiger partial charge in [0.2, 0.25) is 12.3 Å². The summed E-state index contributed by atoms with van der Waals surface area (Å²) in [4.78, 5) is 48.9. The molecule has 156 valence electrons. The van der Waals surface area contributed by atoms with Gasteiger partial charge in [0.1, 0.15) is 12.6 Å². The highest BCUT2D eigenvalue weighted by atomic mass is 16.5.